The van der Waals surface area contributed by atoms with Crippen LogP contribution in [0.15, 0.2) is 115 Å². The summed E-state index contributed by atoms with van der Waals surface area (Å²) < 4.78 is 5.50. The molecule has 0 saturated carbocycles. The number of hydrogen-bond acceptors (Lipinski definition) is 1. The molecule has 164 valence electrons. The standard InChI is InChI=1S/C18H15P.C11H15ClO/c1-4-10-16(11-5-1)19(17-12-6-2-7-13-17)18-14-8-3-9-15-18;1-2-3-8-13-11-6-4-10(9-12)5-7-11/h1-15H;4-7H,2-3,8-9H2,1H3. The molecule has 0 spiro atoms. The van der Waals surface area contributed by atoms with Gasteiger partial charge in [0.25, 0.3) is 0 Å². The van der Waals surface area contributed by atoms with E-state index in [1.165, 1.54) is 22.3 Å². The Bertz CT molecular complexity index is 911. The lowest BCUT2D eigenvalue weighted by Gasteiger charge is -2.18. The highest BCUT2D eigenvalue weighted by atomic mass is 35.5. The molecule has 0 radical (unpaired) electrons. The minimum absolute atomic E-state index is 0.446. The molecule has 3 heteroatoms. The van der Waals surface area contributed by atoms with E-state index in [2.05, 4.69) is 97.9 Å². The van der Waals surface area contributed by atoms with Crippen LogP contribution in [0.3, 0.4) is 0 Å². The zero-order valence-corrected chi connectivity index (χ0v) is 20.2. The molecular weight excluding hydrogens is 431 g/mol. The van der Waals surface area contributed by atoms with Crippen molar-refractivity contribution in [2.24, 2.45) is 0 Å². The first-order valence-corrected chi connectivity index (χ1v) is 12.9. The van der Waals surface area contributed by atoms with Crippen molar-refractivity contribution in [1.29, 1.82) is 0 Å². The first-order chi connectivity index (χ1) is 15.8. The maximum atomic E-state index is 5.67. The maximum Gasteiger partial charge on any atom is 0.119 e. The molecule has 4 aromatic rings. The summed E-state index contributed by atoms with van der Waals surface area (Å²) >= 11 is 5.67. The number of alkyl halides is 1. The summed E-state index contributed by atoms with van der Waals surface area (Å²) in [5.74, 6) is 1.50. The fraction of sp³-hybridized carbons (Fsp3) is 0.172. The molecule has 4 aromatic carbocycles. The zero-order chi connectivity index (χ0) is 22.4. The van der Waals surface area contributed by atoms with Crippen LogP contribution in [-0.4, -0.2) is 6.61 Å². The minimum atomic E-state index is -0.446. The second-order valence-corrected chi connectivity index (χ2v) is 9.81. The van der Waals surface area contributed by atoms with Crippen LogP contribution in [-0.2, 0) is 5.88 Å². The van der Waals surface area contributed by atoms with Crippen LogP contribution in [0, 0.1) is 0 Å². The monoisotopic (exact) mass is 460 g/mol. The molecular formula is C29H30ClOP. The van der Waals surface area contributed by atoms with Gasteiger partial charge >= 0.3 is 0 Å². The van der Waals surface area contributed by atoms with Crippen molar-refractivity contribution in [2.75, 3.05) is 6.61 Å². The van der Waals surface area contributed by atoms with Crippen LogP contribution < -0.4 is 20.7 Å². The molecule has 0 aliphatic heterocycles. The Labute approximate surface area is 198 Å². The molecule has 0 N–H and O–H groups in total. The molecule has 0 fully saturated rings. The van der Waals surface area contributed by atoms with Crippen LogP contribution in [0.4, 0.5) is 0 Å². The summed E-state index contributed by atoms with van der Waals surface area (Å²) in [5, 5.41) is 4.19. The van der Waals surface area contributed by atoms with Crippen LogP contribution in [0.1, 0.15) is 25.3 Å². The Kier molecular flexibility index (Phi) is 10.3. The molecule has 0 saturated heterocycles. The number of benzene rings is 4. The molecule has 0 atom stereocenters. The van der Waals surface area contributed by atoms with E-state index < -0.39 is 7.92 Å². The minimum Gasteiger partial charge on any atom is -0.494 e. The maximum absolute atomic E-state index is 5.67. The highest BCUT2D eigenvalue weighted by Crippen LogP contribution is 2.32. The van der Waals surface area contributed by atoms with Gasteiger partial charge in [0.2, 0.25) is 0 Å². The Hall–Kier alpha value is -2.60. The van der Waals surface area contributed by atoms with Crippen molar-refractivity contribution in [3.63, 3.8) is 0 Å². The van der Waals surface area contributed by atoms with Gasteiger partial charge in [0.05, 0.1) is 6.61 Å². The van der Waals surface area contributed by atoms with Gasteiger partial charge in [-0.05, 0) is 48.0 Å². The molecule has 0 amide bonds. The lowest BCUT2D eigenvalue weighted by atomic mass is 10.2. The van der Waals surface area contributed by atoms with Crippen LogP contribution in [0.25, 0.3) is 0 Å². The largest absolute Gasteiger partial charge is 0.494 e. The predicted molar refractivity (Wildman–Crippen MR) is 142 cm³/mol. The Morgan fingerprint density at radius 2 is 1.06 bits per heavy atom. The van der Waals surface area contributed by atoms with E-state index in [9.17, 15) is 0 Å². The third-order valence-corrected chi connectivity index (χ3v) is 7.64. The molecule has 32 heavy (non-hydrogen) atoms. The van der Waals surface area contributed by atoms with Gasteiger partial charge in [-0.3, -0.25) is 0 Å². The van der Waals surface area contributed by atoms with Crippen molar-refractivity contribution in [3.05, 3.63) is 121 Å². The second-order valence-electron chi connectivity index (χ2n) is 7.32. The normalized spacial score (nSPS) is 10.3. The van der Waals surface area contributed by atoms with Gasteiger partial charge in [-0.1, -0.05) is 116 Å². The Morgan fingerprint density at radius 1 is 0.625 bits per heavy atom. The smallest absolute Gasteiger partial charge is 0.119 e. The van der Waals surface area contributed by atoms with Crippen molar-refractivity contribution < 1.29 is 4.74 Å². The average molecular weight is 461 g/mol. The lowest BCUT2D eigenvalue weighted by Crippen LogP contribution is -2.20. The summed E-state index contributed by atoms with van der Waals surface area (Å²) in [6.07, 6.45) is 2.27. The highest BCUT2D eigenvalue weighted by Gasteiger charge is 2.14. The van der Waals surface area contributed by atoms with Gasteiger partial charge in [0.15, 0.2) is 0 Å². The molecule has 0 heterocycles. The number of unbranched alkanes of at least 4 members (excludes halogenated alkanes) is 1. The Morgan fingerprint density at radius 3 is 1.44 bits per heavy atom. The fourth-order valence-electron chi connectivity index (χ4n) is 3.19. The number of rotatable bonds is 8. The van der Waals surface area contributed by atoms with Gasteiger partial charge in [-0.25, -0.2) is 0 Å². The van der Waals surface area contributed by atoms with Gasteiger partial charge in [0.1, 0.15) is 5.75 Å². The summed E-state index contributed by atoms with van der Waals surface area (Å²) in [6, 6.07) is 40.2. The van der Waals surface area contributed by atoms with Crippen molar-refractivity contribution in [3.8, 4) is 5.75 Å². The average Bonchev–Trinajstić information content (AvgIpc) is 2.87. The molecule has 0 bridgehead atoms. The molecule has 0 aromatic heterocycles. The van der Waals surface area contributed by atoms with E-state index in [-0.39, 0.29) is 0 Å². The Balaban J connectivity index is 0.000000195. The topological polar surface area (TPSA) is 9.23 Å². The van der Waals surface area contributed by atoms with Gasteiger partial charge in [0, 0.05) is 5.88 Å². The summed E-state index contributed by atoms with van der Waals surface area (Å²) in [7, 11) is -0.446. The lowest BCUT2D eigenvalue weighted by molar-refractivity contribution is 0.309. The van der Waals surface area contributed by atoms with Crippen LogP contribution in [0.2, 0.25) is 0 Å². The predicted octanol–water partition coefficient (Wildman–Crippen LogP) is 7.05. The third kappa shape index (κ3) is 7.52. The number of hydrogen-bond donors (Lipinski definition) is 0. The third-order valence-electron chi connectivity index (χ3n) is 4.89. The highest BCUT2D eigenvalue weighted by molar-refractivity contribution is 7.79. The molecule has 0 aliphatic carbocycles. The van der Waals surface area contributed by atoms with Crippen molar-refractivity contribution in [2.45, 2.75) is 25.6 Å². The van der Waals surface area contributed by atoms with E-state index in [1.54, 1.807) is 0 Å². The van der Waals surface area contributed by atoms with Crippen molar-refractivity contribution in [1.82, 2.24) is 0 Å². The zero-order valence-electron chi connectivity index (χ0n) is 18.5. The fourth-order valence-corrected chi connectivity index (χ4v) is 5.67. The van der Waals surface area contributed by atoms with Crippen molar-refractivity contribution >= 4 is 35.4 Å². The molecule has 4 rings (SSSR count). The molecule has 1 nitrogen and oxygen atoms in total. The van der Waals surface area contributed by atoms with E-state index in [1.807, 2.05) is 24.3 Å². The first-order valence-electron chi connectivity index (χ1n) is 11.0. The van der Waals surface area contributed by atoms with Crippen LogP contribution in [0.5, 0.6) is 5.75 Å². The first kappa shape index (κ1) is 24.1. The second kappa shape index (κ2) is 13.7. The number of halogens is 1. The summed E-state index contributed by atoms with van der Waals surface area (Å²) in [5.41, 5.74) is 1.13. The molecule has 0 aliphatic rings. The SMILES string of the molecule is CCCCOc1ccc(CCl)cc1.c1ccc(P(c2ccccc2)c2ccccc2)cc1. The van der Waals surface area contributed by atoms with E-state index in [0.717, 1.165) is 24.3 Å². The van der Waals surface area contributed by atoms with E-state index in [0.29, 0.717) is 5.88 Å². The van der Waals surface area contributed by atoms with Gasteiger partial charge in [-0.2, -0.15) is 0 Å². The van der Waals surface area contributed by atoms with Gasteiger partial charge in [-0.15, -0.1) is 11.6 Å². The van der Waals surface area contributed by atoms with Gasteiger partial charge < -0.3 is 4.74 Å². The number of ether oxygens (including phenoxy) is 1. The van der Waals surface area contributed by atoms with E-state index in [4.69, 9.17) is 16.3 Å². The summed E-state index contributed by atoms with van der Waals surface area (Å²) in [4.78, 5) is 0. The quantitative estimate of drug-likeness (QED) is 0.155. The molecule has 0 unspecified atom stereocenters. The van der Waals surface area contributed by atoms with Crippen LogP contribution >= 0.6 is 19.5 Å². The van der Waals surface area contributed by atoms with E-state index >= 15 is 0 Å². The summed E-state index contributed by atoms with van der Waals surface area (Å²) in [6.45, 7) is 2.96.